The number of phenolic OH excluding ortho intramolecular Hbond substituents is 3. The standard InChI is InChI=1S/C17H10B2Br2O5/c1-2-8-9(13(22)5-3-6(20)14(23)7(21)4-5)10-11(18)15(24)16(25)12(19)17(10)26-8/h3-4,23-25H,2H2,1H3. The Balaban J connectivity index is 2.36. The van der Waals surface area contributed by atoms with E-state index < -0.39 is 17.3 Å². The zero-order valence-electron chi connectivity index (χ0n) is 13.4. The molecule has 3 N–H and O–H groups in total. The third kappa shape index (κ3) is 2.74. The Bertz CT molecular complexity index is 1050. The smallest absolute Gasteiger partial charge is 0.197 e. The topological polar surface area (TPSA) is 90.9 Å². The molecule has 3 aromatic rings. The number of furan rings is 1. The minimum atomic E-state index is -0.611. The van der Waals surface area contributed by atoms with Crippen LogP contribution in [0.3, 0.4) is 0 Å². The van der Waals surface area contributed by atoms with Gasteiger partial charge in [0.25, 0.3) is 0 Å². The van der Waals surface area contributed by atoms with E-state index in [9.17, 15) is 20.1 Å². The van der Waals surface area contributed by atoms with E-state index in [2.05, 4.69) is 31.9 Å². The molecule has 1 aromatic heterocycles. The summed E-state index contributed by atoms with van der Waals surface area (Å²) in [7, 11) is 11.7. The second kappa shape index (κ2) is 6.70. The summed E-state index contributed by atoms with van der Waals surface area (Å²) in [6.45, 7) is 1.78. The fourth-order valence-corrected chi connectivity index (χ4v) is 3.92. The third-order valence-corrected chi connectivity index (χ3v) is 5.27. The normalized spacial score (nSPS) is 11.2. The van der Waals surface area contributed by atoms with Gasteiger partial charge in [-0.1, -0.05) is 6.92 Å². The predicted molar refractivity (Wildman–Crippen MR) is 107 cm³/mol. The van der Waals surface area contributed by atoms with Gasteiger partial charge < -0.3 is 19.7 Å². The molecule has 0 bridgehead atoms. The number of phenols is 3. The van der Waals surface area contributed by atoms with Crippen LogP contribution in [0.2, 0.25) is 0 Å². The van der Waals surface area contributed by atoms with E-state index in [0.29, 0.717) is 21.1 Å². The molecule has 0 atom stereocenters. The zero-order chi connectivity index (χ0) is 19.3. The largest absolute Gasteiger partial charge is 0.506 e. The predicted octanol–water partition coefficient (Wildman–Crippen LogP) is 2.46. The van der Waals surface area contributed by atoms with E-state index in [1.165, 1.54) is 12.1 Å². The highest BCUT2D eigenvalue weighted by Gasteiger charge is 2.27. The minimum absolute atomic E-state index is 0.0370. The molecule has 4 radical (unpaired) electrons. The SMILES string of the molecule is [B]c1c(O)c(O)c([B])c2c(C(=O)c3cc(Br)c(O)c(Br)c3)c(CC)oc12. The molecular formula is C17H10B2Br2O5. The zero-order valence-corrected chi connectivity index (χ0v) is 16.6. The van der Waals surface area contributed by atoms with Crippen LogP contribution in [0, 0.1) is 0 Å². The molecule has 0 spiro atoms. The Kier molecular flexibility index (Phi) is 4.88. The highest BCUT2D eigenvalue weighted by Crippen LogP contribution is 2.36. The summed E-state index contributed by atoms with van der Waals surface area (Å²) in [5.74, 6) is -1.37. The number of fused-ring (bicyclic) bond motifs is 1. The molecule has 0 fully saturated rings. The van der Waals surface area contributed by atoms with E-state index in [4.69, 9.17) is 20.1 Å². The lowest BCUT2D eigenvalue weighted by Gasteiger charge is -2.10. The average Bonchev–Trinajstić information content (AvgIpc) is 3.01. The Morgan fingerprint density at radius 3 is 2.12 bits per heavy atom. The number of aryl methyl sites for hydroxylation is 1. The van der Waals surface area contributed by atoms with Crippen molar-refractivity contribution in [2.75, 3.05) is 0 Å². The van der Waals surface area contributed by atoms with Gasteiger partial charge in [0.1, 0.15) is 38.5 Å². The summed E-state index contributed by atoms with van der Waals surface area (Å²) >= 11 is 6.38. The number of carbonyl (C=O) groups is 1. The Morgan fingerprint density at radius 2 is 1.58 bits per heavy atom. The van der Waals surface area contributed by atoms with Gasteiger partial charge in [-0.2, -0.15) is 0 Å². The van der Waals surface area contributed by atoms with E-state index in [-0.39, 0.29) is 38.8 Å². The Hall–Kier alpha value is -1.86. The van der Waals surface area contributed by atoms with Gasteiger partial charge in [0, 0.05) is 17.4 Å². The van der Waals surface area contributed by atoms with Crippen LogP contribution in [0.1, 0.15) is 28.6 Å². The first-order chi connectivity index (χ1) is 12.2. The fraction of sp³-hybridized carbons (Fsp3) is 0.118. The monoisotopic (exact) mass is 474 g/mol. The summed E-state index contributed by atoms with van der Waals surface area (Å²) in [6, 6.07) is 2.92. The van der Waals surface area contributed by atoms with E-state index in [1.54, 1.807) is 6.92 Å². The number of aromatic hydroxyl groups is 3. The van der Waals surface area contributed by atoms with Crippen LogP contribution in [-0.2, 0) is 6.42 Å². The molecule has 5 nitrogen and oxygen atoms in total. The molecule has 0 aliphatic heterocycles. The van der Waals surface area contributed by atoms with Crippen molar-refractivity contribution in [3.8, 4) is 17.2 Å². The van der Waals surface area contributed by atoms with Crippen LogP contribution < -0.4 is 10.9 Å². The minimum Gasteiger partial charge on any atom is -0.506 e. The maximum absolute atomic E-state index is 13.2. The molecule has 2 aromatic carbocycles. The van der Waals surface area contributed by atoms with E-state index in [0.717, 1.165) is 0 Å². The quantitative estimate of drug-likeness (QED) is 0.308. The molecule has 3 rings (SSSR count). The van der Waals surface area contributed by atoms with Crippen molar-refractivity contribution < 1.29 is 24.5 Å². The molecule has 26 heavy (non-hydrogen) atoms. The molecule has 0 aliphatic rings. The lowest BCUT2D eigenvalue weighted by atomic mass is 9.81. The number of carbonyl (C=O) groups excluding carboxylic acids is 1. The first-order valence-electron chi connectivity index (χ1n) is 7.45. The van der Waals surface area contributed by atoms with Gasteiger partial charge in [-0.25, -0.2) is 0 Å². The van der Waals surface area contributed by atoms with Crippen molar-refractivity contribution in [3.05, 3.63) is 38.0 Å². The first-order valence-corrected chi connectivity index (χ1v) is 9.04. The lowest BCUT2D eigenvalue weighted by molar-refractivity contribution is 0.103. The average molecular weight is 476 g/mol. The van der Waals surface area contributed by atoms with Crippen molar-refractivity contribution in [3.63, 3.8) is 0 Å². The Labute approximate surface area is 168 Å². The van der Waals surface area contributed by atoms with Gasteiger partial charge in [-0.15, -0.1) is 0 Å². The maximum Gasteiger partial charge on any atom is 0.197 e. The fourth-order valence-electron chi connectivity index (χ4n) is 2.74. The van der Waals surface area contributed by atoms with Crippen LogP contribution in [0.5, 0.6) is 17.2 Å². The Morgan fingerprint density at radius 1 is 1.04 bits per heavy atom. The first kappa shape index (κ1) is 18.9. The summed E-state index contributed by atoms with van der Waals surface area (Å²) in [5, 5.41) is 29.9. The molecule has 0 aliphatic carbocycles. The summed E-state index contributed by atoms with van der Waals surface area (Å²) in [6.07, 6.45) is 0.358. The summed E-state index contributed by atoms with van der Waals surface area (Å²) in [4.78, 5) is 13.2. The molecule has 128 valence electrons. The van der Waals surface area contributed by atoms with Gasteiger partial charge in [0.05, 0.1) is 14.5 Å². The molecule has 0 saturated carbocycles. The molecular weight excluding hydrogens is 466 g/mol. The van der Waals surface area contributed by atoms with Gasteiger partial charge in [0.15, 0.2) is 11.5 Å². The molecule has 1 heterocycles. The highest BCUT2D eigenvalue weighted by molar-refractivity contribution is 9.11. The third-order valence-electron chi connectivity index (χ3n) is 4.06. The van der Waals surface area contributed by atoms with Crippen LogP contribution in [0.25, 0.3) is 11.0 Å². The summed E-state index contributed by atoms with van der Waals surface area (Å²) in [5.41, 5.74) is 0.0369. The number of hydrogen-bond acceptors (Lipinski definition) is 5. The van der Waals surface area contributed by atoms with Gasteiger partial charge in [-0.3, -0.25) is 4.79 Å². The van der Waals surface area contributed by atoms with Gasteiger partial charge in [-0.05, 0) is 54.9 Å². The maximum atomic E-state index is 13.2. The van der Waals surface area contributed by atoms with Gasteiger partial charge in [0.2, 0.25) is 0 Å². The second-order valence-corrected chi connectivity index (χ2v) is 7.31. The molecule has 0 amide bonds. The van der Waals surface area contributed by atoms with Crippen molar-refractivity contribution in [2.45, 2.75) is 13.3 Å². The highest BCUT2D eigenvalue weighted by atomic mass is 79.9. The molecule has 9 heteroatoms. The van der Waals surface area contributed by atoms with Crippen molar-refractivity contribution in [1.29, 1.82) is 0 Å². The number of halogens is 2. The molecule has 0 unspecified atom stereocenters. The summed E-state index contributed by atoms with van der Waals surface area (Å²) < 4.78 is 6.31. The van der Waals surface area contributed by atoms with Crippen molar-refractivity contribution in [2.24, 2.45) is 0 Å². The number of rotatable bonds is 3. The van der Waals surface area contributed by atoms with Crippen LogP contribution in [0.4, 0.5) is 0 Å². The second-order valence-electron chi connectivity index (χ2n) is 5.60. The van der Waals surface area contributed by atoms with Crippen molar-refractivity contribution in [1.82, 2.24) is 0 Å². The van der Waals surface area contributed by atoms with Crippen LogP contribution >= 0.6 is 31.9 Å². The van der Waals surface area contributed by atoms with E-state index in [1.807, 2.05) is 0 Å². The van der Waals surface area contributed by atoms with Crippen molar-refractivity contribution >= 4 is 75.2 Å². The lowest BCUT2D eigenvalue weighted by Crippen LogP contribution is -2.16. The number of ketones is 1. The van der Waals surface area contributed by atoms with Crippen LogP contribution in [0.15, 0.2) is 25.5 Å². The van der Waals surface area contributed by atoms with Crippen LogP contribution in [-0.4, -0.2) is 36.8 Å². The molecule has 0 saturated heterocycles. The van der Waals surface area contributed by atoms with E-state index >= 15 is 0 Å². The van der Waals surface area contributed by atoms with Gasteiger partial charge >= 0.3 is 0 Å². The number of benzene rings is 2. The number of hydrogen-bond donors (Lipinski definition) is 3.